The lowest BCUT2D eigenvalue weighted by molar-refractivity contribution is -0.121. The highest BCUT2D eigenvalue weighted by molar-refractivity contribution is 5.77. The molecular formula is C11H24N2O. The van der Waals surface area contributed by atoms with Gasteiger partial charge in [0.2, 0.25) is 5.91 Å². The van der Waals surface area contributed by atoms with Crippen LogP contribution in [0.5, 0.6) is 0 Å². The van der Waals surface area contributed by atoms with E-state index in [-0.39, 0.29) is 5.91 Å². The molecule has 0 aliphatic rings. The van der Waals surface area contributed by atoms with Crippen LogP contribution in [0.25, 0.3) is 0 Å². The second-order valence-electron chi connectivity index (χ2n) is 3.79. The number of carbonyl (C=O) groups is 1. The highest BCUT2D eigenvalue weighted by Crippen LogP contribution is 1.91. The Morgan fingerprint density at radius 3 is 2.43 bits per heavy atom. The minimum atomic E-state index is 0.150. The standard InChI is InChI=1S/C11H24N2O/c1-4-6-8-12-11(14)10-13(3)9-7-5-2/h4-10H2,1-3H3,(H,12,14). The highest BCUT2D eigenvalue weighted by atomic mass is 16.1. The van der Waals surface area contributed by atoms with Crippen molar-refractivity contribution in [3.05, 3.63) is 0 Å². The SMILES string of the molecule is CCCCNC(=O)CN(C)CCCC. The molecule has 3 nitrogen and oxygen atoms in total. The maximum atomic E-state index is 11.3. The van der Waals surface area contributed by atoms with Gasteiger partial charge in [0.15, 0.2) is 0 Å². The van der Waals surface area contributed by atoms with E-state index in [0.717, 1.165) is 25.9 Å². The topological polar surface area (TPSA) is 32.3 Å². The molecule has 1 N–H and O–H groups in total. The third-order valence-electron chi connectivity index (χ3n) is 2.16. The monoisotopic (exact) mass is 200 g/mol. The van der Waals surface area contributed by atoms with Gasteiger partial charge in [-0.2, -0.15) is 0 Å². The van der Waals surface area contributed by atoms with E-state index in [1.807, 2.05) is 7.05 Å². The van der Waals surface area contributed by atoms with E-state index in [4.69, 9.17) is 0 Å². The number of hydrogen-bond acceptors (Lipinski definition) is 2. The summed E-state index contributed by atoms with van der Waals surface area (Å²) in [5.74, 6) is 0.150. The van der Waals surface area contributed by atoms with Crippen molar-refractivity contribution in [1.29, 1.82) is 0 Å². The van der Waals surface area contributed by atoms with E-state index in [0.29, 0.717) is 6.54 Å². The third kappa shape index (κ3) is 8.05. The summed E-state index contributed by atoms with van der Waals surface area (Å²) < 4.78 is 0. The lowest BCUT2D eigenvalue weighted by Gasteiger charge is -2.15. The van der Waals surface area contributed by atoms with Gasteiger partial charge < -0.3 is 5.32 Å². The fourth-order valence-corrected chi connectivity index (χ4v) is 1.21. The summed E-state index contributed by atoms with van der Waals surface area (Å²) in [7, 11) is 2.00. The zero-order chi connectivity index (χ0) is 10.8. The Kier molecular flexibility index (Phi) is 8.64. The smallest absolute Gasteiger partial charge is 0.234 e. The molecule has 0 aromatic heterocycles. The van der Waals surface area contributed by atoms with E-state index in [9.17, 15) is 4.79 Å². The Balaban J connectivity index is 3.40. The third-order valence-corrected chi connectivity index (χ3v) is 2.16. The number of nitrogens with one attached hydrogen (secondary N) is 1. The largest absolute Gasteiger partial charge is 0.355 e. The van der Waals surface area contributed by atoms with Gasteiger partial charge in [0.05, 0.1) is 6.54 Å². The van der Waals surface area contributed by atoms with Crippen molar-refractivity contribution in [3.8, 4) is 0 Å². The van der Waals surface area contributed by atoms with Crippen molar-refractivity contribution in [2.24, 2.45) is 0 Å². The van der Waals surface area contributed by atoms with Gasteiger partial charge >= 0.3 is 0 Å². The Hall–Kier alpha value is -0.570. The first-order valence-electron chi connectivity index (χ1n) is 5.66. The molecule has 14 heavy (non-hydrogen) atoms. The second kappa shape index (κ2) is 9.00. The summed E-state index contributed by atoms with van der Waals surface area (Å²) in [5.41, 5.74) is 0. The van der Waals surface area contributed by atoms with Crippen molar-refractivity contribution in [2.75, 3.05) is 26.7 Å². The molecule has 0 aliphatic carbocycles. The lowest BCUT2D eigenvalue weighted by Crippen LogP contribution is -2.35. The van der Waals surface area contributed by atoms with Gasteiger partial charge in [-0.15, -0.1) is 0 Å². The van der Waals surface area contributed by atoms with E-state index >= 15 is 0 Å². The average molecular weight is 200 g/mol. The molecule has 0 heterocycles. The van der Waals surface area contributed by atoms with Crippen LogP contribution in [0.15, 0.2) is 0 Å². The maximum absolute atomic E-state index is 11.3. The molecule has 0 radical (unpaired) electrons. The van der Waals surface area contributed by atoms with Crippen LogP contribution in [0.1, 0.15) is 39.5 Å². The van der Waals surface area contributed by atoms with Crippen molar-refractivity contribution < 1.29 is 4.79 Å². The number of rotatable bonds is 8. The van der Waals surface area contributed by atoms with Crippen molar-refractivity contribution in [3.63, 3.8) is 0 Å². The number of nitrogens with zero attached hydrogens (tertiary/aromatic N) is 1. The molecule has 0 aromatic carbocycles. The molecule has 1 amide bonds. The minimum Gasteiger partial charge on any atom is -0.355 e. The minimum absolute atomic E-state index is 0.150. The molecule has 0 aliphatic heterocycles. The Labute approximate surface area is 87.9 Å². The average Bonchev–Trinajstić information content (AvgIpc) is 2.15. The molecule has 0 unspecified atom stereocenters. The van der Waals surface area contributed by atoms with Gasteiger partial charge in [-0.3, -0.25) is 9.69 Å². The summed E-state index contributed by atoms with van der Waals surface area (Å²) in [5, 5.41) is 2.91. The zero-order valence-electron chi connectivity index (χ0n) is 9.81. The molecule has 0 rings (SSSR count). The molecular weight excluding hydrogens is 176 g/mol. The van der Waals surface area contributed by atoms with Gasteiger partial charge in [-0.1, -0.05) is 26.7 Å². The van der Waals surface area contributed by atoms with Crippen LogP contribution in [0, 0.1) is 0 Å². The number of hydrogen-bond donors (Lipinski definition) is 1. The molecule has 0 aromatic rings. The summed E-state index contributed by atoms with van der Waals surface area (Å²) in [6.07, 6.45) is 4.55. The van der Waals surface area contributed by atoms with Gasteiger partial charge in [-0.05, 0) is 26.4 Å². The van der Waals surface area contributed by atoms with Gasteiger partial charge in [0, 0.05) is 6.54 Å². The van der Waals surface area contributed by atoms with Crippen LogP contribution in [-0.4, -0.2) is 37.5 Å². The van der Waals surface area contributed by atoms with E-state index < -0.39 is 0 Å². The normalized spacial score (nSPS) is 10.6. The number of amides is 1. The fourth-order valence-electron chi connectivity index (χ4n) is 1.21. The molecule has 0 bridgehead atoms. The van der Waals surface area contributed by atoms with Crippen LogP contribution >= 0.6 is 0 Å². The summed E-state index contributed by atoms with van der Waals surface area (Å²) in [6, 6.07) is 0. The molecule has 84 valence electrons. The molecule has 0 saturated heterocycles. The number of carbonyl (C=O) groups excluding carboxylic acids is 1. The van der Waals surface area contributed by atoms with E-state index in [1.54, 1.807) is 0 Å². The van der Waals surface area contributed by atoms with Crippen molar-refractivity contribution in [1.82, 2.24) is 10.2 Å². The second-order valence-corrected chi connectivity index (χ2v) is 3.79. The molecule has 0 fully saturated rings. The van der Waals surface area contributed by atoms with Gasteiger partial charge in [-0.25, -0.2) is 0 Å². The van der Waals surface area contributed by atoms with Crippen molar-refractivity contribution in [2.45, 2.75) is 39.5 Å². The Morgan fingerprint density at radius 1 is 1.21 bits per heavy atom. The lowest BCUT2D eigenvalue weighted by atomic mass is 10.3. The van der Waals surface area contributed by atoms with Crippen molar-refractivity contribution >= 4 is 5.91 Å². The summed E-state index contributed by atoms with van der Waals surface area (Å²) in [4.78, 5) is 13.4. The predicted octanol–water partition coefficient (Wildman–Crippen LogP) is 1.63. The molecule has 0 saturated carbocycles. The summed E-state index contributed by atoms with van der Waals surface area (Å²) >= 11 is 0. The van der Waals surface area contributed by atoms with Gasteiger partial charge in [0.1, 0.15) is 0 Å². The maximum Gasteiger partial charge on any atom is 0.234 e. The Morgan fingerprint density at radius 2 is 1.86 bits per heavy atom. The zero-order valence-corrected chi connectivity index (χ0v) is 9.81. The van der Waals surface area contributed by atoms with Crippen LogP contribution in [0.2, 0.25) is 0 Å². The quantitative estimate of drug-likeness (QED) is 0.604. The number of likely N-dealkylation sites (N-methyl/N-ethyl adjacent to an activating group) is 1. The van der Waals surface area contributed by atoms with Crippen LogP contribution in [0.4, 0.5) is 0 Å². The van der Waals surface area contributed by atoms with E-state index in [1.165, 1.54) is 12.8 Å². The Bertz CT molecular complexity index is 148. The highest BCUT2D eigenvalue weighted by Gasteiger charge is 2.04. The van der Waals surface area contributed by atoms with Crippen LogP contribution < -0.4 is 5.32 Å². The first kappa shape index (κ1) is 13.4. The first-order chi connectivity index (χ1) is 6.70. The van der Waals surface area contributed by atoms with E-state index in [2.05, 4.69) is 24.1 Å². The molecule has 0 atom stereocenters. The number of unbranched alkanes of at least 4 members (excludes halogenated alkanes) is 2. The van der Waals surface area contributed by atoms with Crippen LogP contribution in [-0.2, 0) is 4.79 Å². The summed E-state index contributed by atoms with van der Waals surface area (Å²) in [6.45, 7) is 6.65. The van der Waals surface area contributed by atoms with Gasteiger partial charge in [0.25, 0.3) is 0 Å². The van der Waals surface area contributed by atoms with Crippen LogP contribution in [0.3, 0.4) is 0 Å². The fraction of sp³-hybridized carbons (Fsp3) is 0.909. The molecule has 3 heteroatoms. The predicted molar refractivity (Wildman–Crippen MR) is 60.3 cm³/mol. The molecule has 0 spiro atoms. The first-order valence-corrected chi connectivity index (χ1v) is 5.66.